The second-order valence-corrected chi connectivity index (χ2v) is 5.31. The van der Waals surface area contributed by atoms with Crippen molar-refractivity contribution in [3.63, 3.8) is 0 Å². The minimum absolute atomic E-state index is 0.0748. The molecule has 1 atom stereocenters. The number of hydrogen-bond acceptors (Lipinski definition) is 3. The number of nitrogens with one attached hydrogen (secondary N) is 2. The second kappa shape index (κ2) is 7.17. The monoisotopic (exact) mass is 276 g/mol. The number of carbonyl (C=O) groups excluding carboxylic acids is 1. The van der Waals surface area contributed by atoms with Crippen LogP contribution in [0.15, 0.2) is 24.3 Å². The fraction of sp³-hybridized carbons (Fsp3) is 0.562. The van der Waals surface area contributed by atoms with Crippen molar-refractivity contribution in [1.29, 1.82) is 0 Å². The summed E-state index contributed by atoms with van der Waals surface area (Å²) in [6.45, 7) is 4.51. The van der Waals surface area contributed by atoms with Crippen molar-refractivity contribution in [3.8, 4) is 5.75 Å². The number of benzene rings is 1. The molecule has 1 aliphatic rings. The Morgan fingerprint density at radius 1 is 1.30 bits per heavy atom. The molecular weight excluding hydrogens is 252 g/mol. The molecular formula is C16H24N2O2. The Morgan fingerprint density at radius 3 is 2.55 bits per heavy atom. The van der Waals surface area contributed by atoms with Gasteiger partial charge in [-0.05, 0) is 51.0 Å². The predicted molar refractivity (Wildman–Crippen MR) is 81.1 cm³/mol. The summed E-state index contributed by atoms with van der Waals surface area (Å²) >= 11 is 0. The molecule has 0 unspecified atom stereocenters. The van der Waals surface area contributed by atoms with E-state index in [-0.39, 0.29) is 11.9 Å². The lowest BCUT2D eigenvalue weighted by molar-refractivity contribution is -0.122. The molecule has 4 heteroatoms. The first kappa shape index (κ1) is 14.7. The quantitative estimate of drug-likeness (QED) is 0.840. The van der Waals surface area contributed by atoms with Crippen LogP contribution in [0.1, 0.15) is 39.5 Å². The van der Waals surface area contributed by atoms with E-state index in [1.54, 1.807) is 0 Å². The minimum atomic E-state index is -0.228. The first-order valence-corrected chi connectivity index (χ1v) is 7.49. The molecule has 1 saturated carbocycles. The van der Waals surface area contributed by atoms with Crippen LogP contribution in [0.5, 0.6) is 5.75 Å². The van der Waals surface area contributed by atoms with Crippen molar-refractivity contribution in [2.45, 2.75) is 51.6 Å². The van der Waals surface area contributed by atoms with Crippen molar-refractivity contribution < 1.29 is 9.53 Å². The average molecular weight is 276 g/mol. The lowest BCUT2D eigenvalue weighted by atomic mass is 10.2. The van der Waals surface area contributed by atoms with E-state index in [1.165, 1.54) is 12.8 Å². The molecule has 1 aromatic carbocycles. The van der Waals surface area contributed by atoms with Crippen molar-refractivity contribution in [1.82, 2.24) is 5.32 Å². The van der Waals surface area contributed by atoms with Crippen molar-refractivity contribution in [2.24, 2.45) is 0 Å². The first-order valence-electron chi connectivity index (χ1n) is 7.49. The molecule has 2 rings (SSSR count). The van der Waals surface area contributed by atoms with Crippen molar-refractivity contribution >= 4 is 11.6 Å². The first-order chi connectivity index (χ1) is 9.69. The maximum absolute atomic E-state index is 12.1. The molecule has 0 saturated heterocycles. The zero-order chi connectivity index (χ0) is 14.4. The third-order valence-corrected chi connectivity index (χ3v) is 3.64. The molecule has 0 radical (unpaired) electrons. The van der Waals surface area contributed by atoms with Gasteiger partial charge in [0.05, 0.1) is 6.61 Å². The summed E-state index contributed by atoms with van der Waals surface area (Å²) in [5.41, 5.74) is 0.933. The highest BCUT2D eigenvalue weighted by Gasteiger charge is 2.20. The van der Waals surface area contributed by atoms with E-state index in [1.807, 2.05) is 38.1 Å². The van der Waals surface area contributed by atoms with Crippen LogP contribution in [0.3, 0.4) is 0 Å². The summed E-state index contributed by atoms with van der Waals surface area (Å²) < 4.78 is 5.39. The van der Waals surface area contributed by atoms with E-state index in [2.05, 4.69) is 10.6 Å². The molecule has 2 N–H and O–H groups in total. The lowest BCUT2D eigenvalue weighted by Crippen LogP contribution is -2.42. The van der Waals surface area contributed by atoms with Crippen LogP contribution >= 0.6 is 0 Å². The van der Waals surface area contributed by atoms with Crippen LogP contribution in [-0.4, -0.2) is 24.6 Å². The molecule has 1 fully saturated rings. The van der Waals surface area contributed by atoms with Gasteiger partial charge in [-0.1, -0.05) is 12.8 Å². The normalized spacial score (nSPS) is 16.7. The topological polar surface area (TPSA) is 50.4 Å². The fourth-order valence-electron chi connectivity index (χ4n) is 2.53. The van der Waals surface area contributed by atoms with Gasteiger partial charge in [0.15, 0.2) is 0 Å². The van der Waals surface area contributed by atoms with Gasteiger partial charge in [0.1, 0.15) is 11.8 Å². The van der Waals surface area contributed by atoms with Crippen LogP contribution in [0.2, 0.25) is 0 Å². The number of hydrogen-bond donors (Lipinski definition) is 2. The Labute approximate surface area is 120 Å². The van der Waals surface area contributed by atoms with Gasteiger partial charge in [-0.3, -0.25) is 4.79 Å². The van der Waals surface area contributed by atoms with Crippen molar-refractivity contribution in [3.05, 3.63) is 24.3 Å². The average Bonchev–Trinajstić information content (AvgIpc) is 2.94. The number of carbonyl (C=O) groups is 1. The van der Waals surface area contributed by atoms with Crippen molar-refractivity contribution in [2.75, 3.05) is 11.9 Å². The Balaban J connectivity index is 1.83. The van der Waals surface area contributed by atoms with Crippen LogP contribution in [0.4, 0.5) is 5.69 Å². The third-order valence-electron chi connectivity index (χ3n) is 3.64. The molecule has 0 aliphatic heterocycles. The van der Waals surface area contributed by atoms with Gasteiger partial charge in [-0.25, -0.2) is 0 Å². The Morgan fingerprint density at radius 2 is 1.95 bits per heavy atom. The molecule has 110 valence electrons. The van der Waals surface area contributed by atoms with Crippen LogP contribution in [-0.2, 0) is 4.79 Å². The summed E-state index contributed by atoms with van der Waals surface area (Å²) in [6, 6.07) is 7.83. The summed E-state index contributed by atoms with van der Waals surface area (Å²) in [7, 11) is 0. The minimum Gasteiger partial charge on any atom is -0.494 e. The molecule has 1 aromatic rings. The SMILES string of the molecule is CCOc1ccc(N[C@@H](C)C(=O)NC2CCCC2)cc1. The summed E-state index contributed by atoms with van der Waals surface area (Å²) in [5, 5.41) is 6.32. The molecule has 0 bridgehead atoms. The zero-order valence-electron chi connectivity index (χ0n) is 12.3. The van der Waals surface area contributed by atoms with Crippen LogP contribution < -0.4 is 15.4 Å². The summed E-state index contributed by atoms with van der Waals surface area (Å²) in [4.78, 5) is 12.1. The Kier molecular flexibility index (Phi) is 5.27. The molecule has 4 nitrogen and oxygen atoms in total. The zero-order valence-corrected chi connectivity index (χ0v) is 12.3. The standard InChI is InChI=1S/C16H24N2O2/c1-3-20-15-10-8-14(9-11-15)17-12(2)16(19)18-13-6-4-5-7-13/h8-13,17H,3-7H2,1-2H3,(H,18,19)/t12-/m0/s1. The molecule has 0 aromatic heterocycles. The number of rotatable bonds is 6. The molecule has 20 heavy (non-hydrogen) atoms. The van der Waals surface area contributed by atoms with E-state index in [4.69, 9.17) is 4.74 Å². The second-order valence-electron chi connectivity index (χ2n) is 5.31. The van der Waals surface area contributed by atoms with Crippen LogP contribution in [0, 0.1) is 0 Å². The molecule has 1 aliphatic carbocycles. The van der Waals surface area contributed by atoms with Gasteiger partial charge in [0.2, 0.25) is 5.91 Å². The molecule has 0 heterocycles. The van der Waals surface area contributed by atoms with Gasteiger partial charge >= 0.3 is 0 Å². The highest BCUT2D eigenvalue weighted by atomic mass is 16.5. The van der Waals surface area contributed by atoms with E-state index in [9.17, 15) is 4.79 Å². The van der Waals surface area contributed by atoms with Gasteiger partial charge in [0.25, 0.3) is 0 Å². The Hall–Kier alpha value is -1.71. The van der Waals surface area contributed by atoms with Gasteiger partial charge in [-0.15, -0.1) is 0 Å². The Bertz CT molecular complexity index is 425. The summed E-state index contributed by atoms with van der Waals surface area (Å²) in [6.07, 6.45) is 4.68. The van der Waals surface area contributed by atoms with Gasteiger partial charge < -0.3 is 15.4 Å². The van der Waals surface area contributed by atoms with E-state index in [0.717, 1.165) is 24.3 Å². The maximum Gasteiger partial charge on any atom is 0.242 e. The van der Waals surface area contributed by atoms with E-state index in [0.29, 0.717) is 12.6 Å². The largest absolute Gasteiger partial charge is 0.494 e. The van der Waals surface area contributed by atoms with Gasteiger partial charge in [-0.2, -0.15) is 0 Å². The third kappa shape index (κ3) is 4.15. The lowest BCUT2D eigenvalue weighted by Gasteiger charge is -2.18. The highest BCUT2D eigenvalue weighted by Crippen LogP contribution is 2.19. The molecule has 0 spiro atoms. The molecule has 1 amide bonds. The fourth-order valence-corrected chi connectivity index (χ4v) is 2.53. The number of amides is 1. The predicted octanol–water partition coefficient (Wildman–Crippen LogP) is 2.94. The summed E-state index contributed by atoms with van der Waals surface area (Å²) in [5.74, 6) is 0.923. The number of anilines is 1. The van der Waals surface area contributed by atoms with Crippen LogP contribution in [0.25, 0.3) is 0 Å². The highest BCUT2D eigenvalue weighted by molar-refractivity contribution is 5.84. The maximum atomic E-state index is 12.1. The number of ether oxygens (including phenoxy) is 1. The van der Waals surface area contributed by atoms with E-state index >= 15 is 0 Å². The smallest absolute Gasteiger partial charge is 0.242 e. The van der Waals surface area contributed by atoms with E-state index < -0.39 is 0 Å². The van der Waals surface area contributed by atoms with Gasteiger partial charge in [0, 0.05) is 11.7 Å².